The van der Waals surface area contributed by atoms with Gasteiger partial charge in [0, 0.05) is 37.6 Å². The standard InChI is InChI=1S/C16H18F3N3O/c17-16(18,19)13-3-1-2-4-14(13)21-20-12-7-9-22(10-8-12)15(23)11-5-6-11/h1-4,11,21H,5-10H2. The Morgan fingerprint density at radius 2 is 1.83 bits per heavy atom. The van der Waals surface area contributed by atoms with E-state index in [1.165, 1.54) is 18.2 Å². The van der Waals surface area contributed by atoms with Crippen molar-refractivity contribution < 1.29 is 18.0 Å². The summed E-state index contributed by atoms with van der Waals surface area (Å²) < 4.78 is 38.7. The maximum Gasteiger partial charge on any atom is 0.418 e. The van der Waals surface area contributed by atoms with Gasteiger partial charge < -0.3 is 4.90 Å². The summed E-state index contributed by atoms with van der Waals surface area (Å²) in [6.07, 6.45) is -1.26. The molecule has 1 heterocycles. The first-order valence-corrected chi connectivity index (χ1v) is 7.71. The zero-order valence-corrected chi connectivity index (χ0v) is 12.6. The summed E-state index contributed by atoms with van der Waals surface area (Å²) in [4.78, 5) is 13.8. The van der Waals surface area contributed by atoms with Crippen molar-refractivity contribution in [3.05, 3.63) is 29.8 Å². The van der Waals surface area contributed by atoms with Crippen LogP contribution < -0.4 is 5.43 Å². The van der Waals surface area contributed by atoms with Crippen molar-refractivity contribution in [2.75, 3.05) is 18.5 Å². The van der Waals surface area contributed by atoms with Crippen LogP contribution in [0.2, 0.25) is 0 Å². The van der Waals surface area contributed by atoms with E-state index in [2.05, 4.69) is 10.5 Å². The molecule has 0 unspecified atom stereocenters. The molecule has 1 saturated heterocycles. The van der Waals surface area contributed by atoms with Crippen LogP contribution in [0.5, 0.6) is 0 Å². The maximum atomic E-state index is 12.9. The zero-order valence-electron chi connectivity index (χ0n) is 12.6. The van der Waals surface area contributed by atoms with Crippen LogP contribution in [0.3, 0.4) is 0 Å². The second-order valence-corrected chi connectivity index (χ2v) is 5.93. The monoisotopic (exact) mass is 325 g/mol. The highest BCUT2D eigenvalue weighted by molar-refractivity contribution is 5.89. The quantitative estimate of drug-likeness (QED) is 0.865. The first kappa shape index (κ1) is 15.8. The number of likely N-dealkylation sites (tertiary alicyclic amines) is 1. The minimum atomic E-state index is -4.41. The van der Waals surface area contributed by atoms with E-state index in [4.69, 9.17) is 0 Å². The van der Waals surface area contributed by atoms with Crippen LogP contribution in [0.25, 0.3) is 0 Å². The van der Waals surface area contributed by atoms with E-state index in [0.29, 0.717) is 25.9 Å². The minimum absolute atomic E-state index is 0.0519. The van der Waals surface area contributed by atoms with Gasteiger partial charge in [-0.25, -0.2) is 0 Å². The number of alkyl halides is 3. The molecule has 0 spiro atoms. The molecule has 3 rings (SSSR count). The maximum absolute atomic E-state index is 12.9. The van der Waals surface area contributed by atoms with E-state index in [1.54, 1.807) is 0 Å². The molecule has 0 atom stereocenters. The summed E-state index contributed by atoms with van der Waals surface area (Å²) in [5, 5.41) is 4.11. The van der Waals surface area contributed by atoms with Crippen LogP contribution in [-0.2, 0) is 11.0 Å². The molecule has 2 aliphatic rings. The lowest BCUT2D eigenvalue weighted by molar-refractivity contribution is -0.137. The Labute approximate surface area is 132 Å². The van der Waals surface area contributed by atoms with E-state index in [9.17, 15) is 18.0 Å². The largest absolute Gasteiger partial charge is 0.418 e. The van der Waals surface area contributed by atoms with Crippen LogP contribution in [0.1, 0.15) is 31.2 Å². The second kappa shape index (κ2) is 6.22. The fourth-order valence-corrected chi connectivity index (χ4v) is 2.65. The SMILES string of the molecule is O=C(C1CC1)N1CCC(=NNc2ccccc2C(F)(F)F)CC1. The van der Waals surface area contributed by atoms with Gasteiger partial charge in [-0.05, 0) is 25.0 Å². The predicted molar refractivity (Wildman–Crippen MR) is 81.0 cm³/mol. The van der Waals surface area contributed by atoms with Gasteiger partial charge in [0.05, 0.1) is 11.3 Å². The molecule has 0 radical (unpaired) electrons. The number of para-hydroxylation sites is 1. The van der Waals surface area contributed by atoms with Crippen LogP contribution in [0.4, 0.5) is 18.9 Å². The van der Waals surface area contributed by atoms with Gasteiger partial charge in [0.1, 0.15) is 0 Å². The molecule has 4 nitrogen and oxygen atoms in total. The van der Waals surface area contributed by atoms with Gasteiger partial charge in [0.25, 0.3) is 0 Å². The number of rotatable bonds is 3. The minimum Gasteiger partial charge on any atom is -0.342 e. The van der Waals surface area contributed by atoms with Gasteiger partial charge in [-0.15, -0.1) is 0 Å². The molecule has 23 heavy (non-hydrogen) atoms. The summed E-state index contributed by atoms with van der Waals surface area (Å²) in [7, 11) is 0. The fourth-order valence-electron chi connectivity index (χ4n) is 2.65. The van der Waals surface area contributed by atoms with Crippen molar-refractivity contribution in [2.45, 2.75) is 31.9 Å². The Balaban J connectivity index is 1.60. The highest BCUT2D eigenvalue weighted by atomic mass is 19.4. The molecule has 124 valence electrons. The third-order valence-corrected chi connectivity index (χ3v) is 4.15. The van der Waals surface area contributed by atoms with Gasteiger partial charge in [-0.1, -0.05) is 12.1 Å². The molecule has 1 aliphatic heterocycles. The molecular weight excluding hydrogens is 307 g/mol. The molecular formula is C16H18F3N3O. The number of benzene rings is 1. The van der Waals surface area contributed by atoms with Crippen molar-refractivity contribution in [1.82, 2.24) is 4.90 Å². The number of halogens is 3. The molecule has 2 fully saturated rings. The average molecular weight is 325 g/mol. The summed E-state index contributed by atoms with van der Waals surface area (Å²) in [5.74, 6) is 0.407. The van der Waals surface area contributed by atoms with Crippen LogP contribution in [0.15, 0.2) is 29.4 Å². The molecule has 1 aromatic carbocycles. The normalized spacial score (nSPS) is 18.7. The number of amides is 1. The first-order chi connectivity index (χ1) is 10.9. The van der Waals surface area contributed by atoms with Gasteiger partial charge in [-0.2, -0.15) is 18.3 Å². The van der Waals surface area contributed by atoms with Gasteiger partial charge in [0.2, 0.25) is 5.91 Å². The lowest BCUT2D eigenvalue weighted by Crippen LogP contribution is -2.39. The number of hydrazone groups is 1. The smallest absolute Gasteiger partial charge is 0.342 e. The topological polar surface area (TPSA) is 44.7 Å². The number of nitrogens with zero attached hydrogens (tertiary/aromatic N) is 2. The molecule has 0 aromatic heterocycles. The third kappa shape index (κ3) is 3.83. The Morgan fingerprint density at radius 3 is 2.43 bits per heavy atom. The Hall–Kier alpha value is -2.05. The summed E-state index contributed by atoms with van der Waals surface area (Å²) in [6, 6.07) is 5.27. The lowest BCUT2D eigenvalue weighted by Gasteiger charge is -2.27. The number of carbonyl (C=O) groups is 1. The Kier molecular flexibility index (Phi) is 4.28. The van der Waals surface area contributed by atoms with Crippen molar-refractivity contribution in [2.24, 2.45) is 11.0 Å². The highest BCUT2D eigenvalue weighted by Crippen LogP contribution is 2.34. The van der Waals surface area contributed by atoms with Crippen molar-refractivity contribution >= 4 is 17.3 Å². The van der Waals surface area contributed by atoms with E-state index in [1.807, 2.05) is 4.90 Å². The second-order valence-electron chi connectivity index (χ2n) is 5.93. The van der Waals surface area contributed by atoms with E-state index >= 15 is 0 Å². The Morgan fingerprint density at radius 1 is 1.17 bits per heavy atom. The molecule has 7 heteroatoms. The van der Waals surface area contributed by atoms with Gasteiger partial charge >= 0.3 is 6.18 Å². The van der Waals surface area contributed by atoms with Crippen molar-refractivity contribution in [1.29, 1.82) is 0 Å². The van der Waals surface area contributed by atoms with Crippen molar-refractivity contribution in [3.63, 3.8) is 0 Å². The van der Waals surface area contributed by atoms with Crippen LogP contribution >= 0.6 is 0 Å². The molecule has 1 N–H and O–H groups in total. The molecule has 0 bridgehead atoms. The number of hydrogen-bond donors (Lipinski definition) is 1. The molecule has 1 aliphatic carbocycles. The van der Waals surface area contributed by atoms with Crippen LogP contribution in [-0.4, -0.2) is 29.6 Å². The van der Waals surface area contributed by atoms with E-state index in [-0.39, 0.29) is 17.5 Å². The predicted octanol–water partition coefficient (Wildman–Crippen LogP) is 3.51. The summed E-state index contributed by atoms with van der Waals surface area (Å²) in [5.41, 5.74) is 2.54. The lowest BCUT2D eigenvalue weighted by atomic mass is 10.1. The molecule has 1 saturated carbocycles. The number of nitrogens with one attached hydrogen (secondary N) is 1. The summed E-state index contributed by atoms with van der Waals surface area (Å²) >= 11 is 0. The summed E-state index contributed by atoms with van der Waals surface area (Å²) in [6.45, 7) is 1.19. The third-order valence-electron chi connectivity index (χ3n) is 4.15. The van der Waals surface area contributed by atoms with Crippen molar-refractivity contribution in [3.8, 4) is 0 Å². The van der Waals surface area contributed by atoms with E-state index in [0.717, 1.165) is 24.6 Å². The zero-order chi connectivity index (χ0) is 16.4. The van der Waals surface area contributed by atoms with Gasteiger partial charge in [0.15, 0.2) is 0 Å². The van der Waals surface area contributed by atoms with E-state index < -0.39 is 11.7 Å². The molecule has 1 amide bonds. The fraction of sp³-hybridized carbons (Fsp3) is 0.500. The number of piperidine rings is 1. The first-order valence-electron chi connectivity index (χ1n) is 7.71. The number of anilines is 1. The molecule has 1 aromatic rings. The number of carbonyl (C=O) groups excluding carboxylic acids is 1. The number of hydrogen-bond acceptors (Lipinski definition) is 3. The average Bonchev–Trinajstić information content (AvgIpc) is 3.37. The van der Waals surface area contributed by atoms with Gasteiger partial charge in [-0.3, -0.25) is 10.2 Å². The Bertz CT molecular complexity index is 613. The highest BCUT2D eigenvalue weighted by Gasteiger charge is 2.35. The van der Waals surface area contributed by atoms with Crippen LogP contribution in [0, 0.1) is 5.92 Å².